The van der Waals surface area contributed by atoms with E-state index in [0.717, 1.165) is 69.5 Å². The summed E-state index contributed by atoms with van der Waals surface area (Å²) in [6.45, 7) is 7.60. The van der Waals surface area contributed by atoms with E-state index >= 15 is 0 Å². The number of aryl methyl sites for hydroxylation is 1. The fourth-order valence-electron chi connectivity index (χ4n) is 5.10. The van der Waals surface area contributed by atoms with Gasteiger partial charge in [-0.15, -0.1) is 0 Å². The van der Waals surface area contributed by atoms with E-state index in [2.05, 4.69) is 51.5 Å². The van der Waals surface area contributed by atoms with Gasteiger partial charge < -0.3 is 9.64 Å². The lowest BCUT2D eigenvalue weighted by molar-refractivity contribution is 0.0445. The highest BCUT2D eigenvalue weighted by Crippen LogP contribution is 2.24. The van der Waals surface area contributed by atoms with Gasteiger partial charge >= 0.3 is 0 Å². The second-order valence-electron chi connectivity index (χ2n) is 9.52. The fourth-order valence-corrected chi connectivity index (χ4v) is 5.10. The molecular weight excluding hydrogens is 414 g/mol. The second kappa shape index (κ2) is 10.0. The van der Waals surface area contributed by atoms with Gasteiger partial charge in [0.05, 0.1) is 6.10 Å². The number of fused-ring (bicyclic) bond motifs is 1. The van der Waals surface area contributed by atoms with Crippen LogP contribution in [0.1, 0.15) is 47.2 Å². The number of piperidine rings is 1. The van der Waals surface area contributed by atoms with E-state index in [1.807, 2.05) is 23.1 Å². The Hall–Kier alpha value is -2.77. The van der Waals surface area contributed by atoms with E-state index in [9.17, 15) is 4.79 Å². The van der Waals surface area contributed by atoms with E-state index in [1.165, 1.54) is 11.1 Å². The Morgan fingerprint density at radius 1 is 1.09 bits per heavy atom. The number of rotatable bonds is 7. The van der Waals surface area contributed by atoms with Crippen LogP contribution in [0.5, 0.6) is 0 Å². The first-order valence-corrected chi connectivity index (χ1v) is 12.1. The third-order valence-corrected chi connectivity index (χ3v) is 7.14. The molecule has 0 saturated carbocycles. The van der Waals surface area contributed by atoms with Crippen LogP contribution in [0.2, 0.25) is 0 Å². The number of amides is 1. The number of nitrogens with one attached hydrogen (secondary N) is 1. The molecule has 1 N–H and O–H groups in total. The number of carbonyl (C=O) groups excluding carboxylic acids is 1. The number of aromatic nitrogens is 3. The van der Waals surface area contributed by atoms with E-state index in [4.69, 9.17) is 4.74 Å². The summed E-state index contributed by atoms with van der Waals surface area (Å²) in [5, 5.41) is 10.9. The Balaban J connectivity index is 1.23. The number of ether oxygens (including phenoxy) is 1. The van der Waals surface area contributed by atoms with Gasteiger partial charge in [0.15, 0.2) is 0 Å². The lowest BCUT2D eigenvalue weighted by Gasteiger charge is -2.36. The van der Waals surface area contributed by atoms with Gasteiger partial charge in [0, 0.05) is 31.8 Å². The number of hydrogen-bond donors (Lipinski definition) is 1. The minimum Gasteiger partial charge on any atom is -0.376 e. The maximum Gasteiger partial charge on any atom is 0.254 e. The van der Waals surface area contributed by atoms with Crippen LogP contribution in [0.15, 0.2) is 42.5 Å². The molecule has 2 saturated heterocycles. The van der Waals surface area contributed by atoms with Crippen molar-refractivity contribution >= 4 is 16.9 Å². The van der Waals surface area contributed by atoms with Crippen LogP contribution in [0.25, 0.3) is 11.0 Å². The maximum absolute atomic E-state index is 13.5. The summed E-state index contributed by atoms with van der Waals surface area (Å²) in [5.74, 6) is 0.581. The Morgan fingerprint density at radius 3 is 2.70 bits per heavy atom. The van der Waals surface area contributed by atoms with Gasteiger partial charge in [0.25, 0.3) is 5.91 Å². The van der Waals surface area contributed by atoms with Crippen LogP contribution in [0.3, 0.4) is 0 Å². The Bertz CT molecular complexity index is 1080. The van der Waals surface area contributed by atoms with E-state index < -0.39 is 0 Å². The SMILES string of the molecule is Cc1ccccc1CN1CCC(CN(C[C@@H]2CCCO2)C(=O)c2ccc3n[nH]nc3c2)CC1. The van der Waals surface area contributed by atoms with Crippen molar-refractivity contribution in [2.45, 2.75) is 45.3 Å². The molecule has 0 radical (unpaired) electrons. The molecule has 0 bridgehead atoms. The number of hydrogen-bond acceptors (Lipinski definition) is 5. The van der Waals surface area contributed by atoms with Crippen LogP contribution in [-0.2, 0) is 11.3 Å². The van der Waals surface area contributed by atoms with Crippen molar-refractivity contribution in [3.63, 3.8) is 0 Å². The zero-order valence-electron chi connectivity index (χ0n) is 19.4. The smallest absolute Gasteiger partial charge is 0.254 e. The van der Waals surface area contributed by atoms with Gasteiger partial charge in [0.2, 0.25) is 0 Å². The molecule has 33 heavy (non-hydrogen) atoms. The first-order chi connectivity index (χ1) is 16.2. The molecule has 0 aliphatic carbocycles. The molecule has 3 aromatic rings. The van der Waals surface area contributed by atoms with Crippen molar-refractivity contribution in [2.24, 2.45) is 5.92 Å². The average Bonchev–Trinajstić information content (AvgIpc) is 3.52. The van der Waals surface area contributed by atoms with E-state index in [0.29, 0.717) is 18.0 Å². The van der Waals surface area contributed by atoms with E-state index in [-0.39, 0.29) is 12.0 Å². The van der Waals surface area contributed by atoms with Gasteiger partial charge in [-0.2, -0.15) is 15.4 Å². The highest BCUT2D eigenvalue weighted by molar-refractivity contribution is 5.97. The normalized spacial score (nSPS) is 19.8. The van der Waals surface area contributed by atoms with Gasteiger partial charge in [-0.3, -0.25) is 9.69 Å². The lowest BCUT2D eigenvalue weighted by atomic mass is 9.95. The predicted molar refractivity (Wildman–Crippen MR) is 128 cm³/mol. The standard InChI is InChI=1S/C26H33N5O2/c1-19-5-2-3-6-22(19)17-30-12-10-20(11-13-30)16-31(18-23-7-4-14-33-23)26(32)21-8-9-24-25(15-21)28-29-27-24/h2-3,5-6,8-9,15,20,23H,4,7,10-14,16-18H2,1H3,(H,27,28,29)/t23-/m0/s1. The zero-order valence-corrected chi connectivity index (χ0v) is 19.4. The number of likely N-dealkylation sites (tertiary alicyclic amines) is 1. The molecule has 7 nitrogen and oxygen atoms in total. The summed E-state index contributed by atoms with van der Waals surface area (Å²) in [4.78, 5) is 18.1. The average molecular weight is 448 g/mol. The quantitative estimate of drug-likeness (QED) is 0.596. The molecule has 1 aromatic heterocycles. The van der Waals surface area contributed by atoms with Crippen molar-refractivity contribution < 1.29 is 9.53 Å². The lowest BCUT2D eigenvalue weighted by Crippen LogP contribution is -2.43. The topological polar surface area (TPSA) is 74.3 Å². The van der Waals surface area contributed by atoms with Crippen LogP contribution in [-0.4, -0.2) is 70.0 Å². The maximum atomic E-state index is 13.5. The molecule has 5 rings (SSSR count). The van der Waals surface area contributed by atoms with Crippen molar-refractivity contribution in [1.82, 2.24) is 25.2 Å². The summed E-state index contributed by atoms with van der Waals surface area (Å²) >= 11 is 0. The first kappa shape index (κ1) is 22.0. The third-order valence-electron chi connectivity index (χ3n) is 7.14. The van der Waals surface area contributed by atoms with Gasteiger partial charge in [-0.05, 0) is 80.9 Å². The summed E-state index contributed by atoms with van der Waals surface area (Å²) < 4.78 is 5.88. The van der Waals surface area contributed by atoms with Crippen molar-refractivity contribution in [1.29, 1.82) is 0 Å². The van der Waals surface area contributed by atoms with Crippen molar-refractivity contribution in [3.05, 3.63) is 59.2 Å². The molecule has 2 fully saturated rings. The molecule has 7 heteroatoms. The highest BCUT2D eigenvalue weighted by atomic mass is 16.5. The number of benzene rings is 2. The third kappa shape index (κ3) is 5.25. The molecule has 0 spiro atoms. The Labute approximate surface area is 195 Å². The minimum atomic E-state index is 0.0674. The number of aromatic amines is 1. The predicted octanol–water partition coefficient (Wildman–Crippen LogP) is 3.80. The summed E-state index contributed by atoms with van der Waals surface area (Å²) in [5.41, 5.74) is 4.94. The van der Waals surface area contributed by atoms with Gasteiger partial charge in [-0.1, -0.05) is 24.3 Å². The molecule has 3 heterocycles. The Kier molecular flexibility index (Phi) is 6.69. The number of H-pyrrole nitrogens is 1. The van der Waals surface area contributed by atoms with E-state index in [1.54, 1.807) is 0 Å². The first-order valence-electron chi connectivity index (χ1n) is 12.1. The summed E-state index contributed by atoms with van der Waals surface area (Å²) in [7, 11) is 0. The number of nitrogens with zero attached hydrogens (tertiary/aromatic N) is 4. The monoisotopic (exact) mass is 447 g/mol. The minimum absolute atomic E-state index is 0.0674. The van der Waals surface area contributed by atoms with Crippen LogP contribution >= 0.6 is 0 Å². The summed E-state index contributed by atoms with van der Waals surface area (Å²) in [6.07, 6.45) is 4.48. The largest absolute Gasteiger partial charge is 0.376 e. The second-order valence-corrected chi connectivity index (χ2v) is 9.52. The fraction of sp³-hybridized carbons (Fsp3) is 0.500. The molecule has 2 aromatic carbocycles. The highest BCUT2D eigenvalue weighted by Gasteiger charge is 2.28. The van der Waals surface area contributed by atoms with Crippen molar-refractivity contribution in [2.75, 3.05) is 32.8 Å². The zero-order chi connectivity index (χ0) is 22.6. The van der Waals surface area contributed by atoms with Crippen LogP contribution in [0.4, 0.5) is 0 Å². The van der Waals surface area contributed by atoms with Gasteiger partial charge in [-0.25, -0.2) is 0 Å². The number of carbonyl (C=O) groups is 1. The molecule has 1 amide bonds. The molecule has 2 aliphatic heterocycles. The van der Waals surface area contributed by atoms with Crippen LogP contribution < -0.4 is 0 Å². The van der Waals surface area contributed by atoms with Gasteiger partial charge in [0.1, 0.15) is 11.0 Å². The van der Waals surface area contributed by atoms with Crippen molar-refractivity contribution in [3.8, 4) is 0 Å². The summed E-state index contributed by atoms with van der Waals surface area (Å²) in [6, 6.07) is 14.2. The van der Waals surface area contributed by atoms with Crippen LogP contribution in [0, 0.1) is 12.8 Å². The molecule has 1 atom stereocenters. The molecular formula is C26H33N5O2. The molecule has 174 valence electrons. The molecule has 2 aliphatic rings. The molecule has 0 unspecified atom stereocenters. The Morgan fingerprint density at radius 2 is 1.91 bits per heavy atom.